The highest BCUT2D eigenvalue weighted by Gasteiger charge is 2.28. The molecule has 0 radical (unpaired) electrons. The molecule has 0 unspecified atom stereocenters. The van der Waals surface area contributed by atoms with Gasteiger partial charge in [-0.25, -0.2) is 0 Å². The number of hydrogen-bond acceptors (Lipinski definition) is 7. The van der Waals surface area contributed by atoms with Crippen molar-refractivity contribution in [3.63, 3.8) is 0 Å². The molecule has 0 N–H and O–H groups in total. The highest BCUT2D eigenvalue weighted by Crippen LogP contribution is 2.20. The number of carbonyl (C=O) groups excluding carboxylic acids is 2. The largest absolute Gasteiger partial charge is 0.466 e. The zero-order valence-corrected chi connectivity index (χ0v) is 18.6. The van der Waals surface area contributed by atoms with Crippen molar-refractivity contribution >= 4 is 11.9 Å². The fraction of sp³-hybridized carbons (Fsp3) is 0.810. The lowest BCUT2D eigenvalue weighted by atomic mass is 9.96. The lowest BCUT2D eigenvalue weighted by Crippen LogP contribution is -2.44. The molecule has 8 heteroatoms. The zero-order valence-electron chi connectivity index (χ0n) is 18.6. The van der Waals surface area contributed by atoms with E-state index < -0.39 is 0 Å². The number of esters is 1. The Labute approximate surface area is 174 Å². The quantitative estimate of drug-likeness (QED) is 0.550. The Bertz CT molecular complexity index is 668. The van der Waals surface area contributed by atoms with E-state index >= 15 is 0 Å². The number of ether oxygens (including phenoxy) is 1. The molecule has 1 aromatic rings. The first-order valence-corrected chi connectivity index (χ1v) is 10.7. The van der Waals surface area contributed by atoms with E-state index in [0.29, 0.717) is 43.9 Å². The van der Waals surface area contributed by atoms with E-state index in [2.05, 4.69) is 22.0 Å². The molecule has 164 valence electrons. The van der Waals surface area contributed by atoms with Crippen LogP contribution in [0, 0.1) is 0 Å². The van der Waals surface area contributed by atoms with Crippen LogP contribution < -0.4 is 0 Å². The Morgan fingerprint density at radius 2 is 2.03 bits per heavy atom. The van der Waals surface area contributed by atoms with Gasteiger partial charge in [-0.05, 0) is 32.9 Å². The van der Waals surface area contributed by atoms with Crippen LogP contribution in [-0.4, -0.2) is 70.6 Å². The normalized spacial score (nSPS) is 17.5. The summed E-state index contributed by atoms with van der Waals surface area (Å²) in [6.07, 6.45) is 3.13. The molecule has 0 spiro atoms. The topological polar surface area (TPSA) is 88.8 Å². The van der Waals surface area contributed by atoms with Gasteiger partial charge in [-0.15, -0.1) is 0 Å². The average Bonchev–Trinajstić information content (AvgIpc) is 3.32. The van der Waals surface area contributed by atoms with Crippen molar-refractivity contribution in [1.82, 2.24) is 19.9 Å². The van der Waals surface area contributed by atoms with Crippen molar-refractivity contribution in [2.24, 2.45) is 0 Å². The molecule has 29 heavy (non-hydrogen) atoms. The maximum atomic E-state index is 12.9. The molecule has 0 aliphatic carbocycles. The summed E-state index contributed by atoms with van der Waals surface area (Å²) in [5.74, 6) is 0.858. The summed E-state index contributed by atoms with van der Waals surface area (Å²) in [4.78, 5) is 33.4. The molecular formula is C21H36N4O4. The molecule has 1 saturated heterocycles. The Morgan fingerprint density at radius 3 is 2.66 bits per heavy atom. The molecule has 1 aliphatic heterocycles. The predicted octanol–water partition coefficient (Wildman–Crippen LogP) is 2.57. The Kier molecular flexibility index (Phi) is 8.61. The van der Waals surface area contributed by atoms with Gasteiger partial charge in [0.15, 0.2) is 5.82 Å². The molecule has 1 aliphatic rings. The Hall–Kier alpha value is -1.96. The predicted molar refractivity (Wildman–Crippen MR) is 109 cm³/mol. The van der Waals surface area contributed by atoms with E-state index in [4.69, 9.17) is 9.26 Å². The smallest absolute Gasteiger partial charge is 0.307 e. The SMILES string of the molecule is CCOC(=O)CCN(C[C@@H]1CCCN1CC)C(=O)CCc1nc(C(C)(C)C)no1. The van der Waals surface area contributed by atoms with E-state index in [1.54, 1.807) is 11.8 Å². The van der Waals surface area contributed by atoms with Gasteiger partial charge in [0, 0.05) is 37.4 Å². The molecule has 1 amide bonds. The van der Waals surface area contributed by atoms with Gasteiger partial charge >= 0.3 is 5.97 Å². The Morgan fingerprint density at radius 1 is 1.28 bits per heavy atom. The van der Waals surface area contributed by atoms with Gasteiger partial charge in [0.1, 0.15) is 0 Å². The van der Waals surface area contributed by atoms with Crippen molar-refractivity contribution in [3.8, 4) is 0 Å². The summed E-state index contributed by atoms with van der Waals surface area (Å²) in [6, 6.07) is 0.349. The molecule has 1 atom stereocenters. The molecule has 8 nitrogen and oxygen atoms in total. The summed E-state index contributed by atoms with van der Waals surface area (Å²) < 4.78 is 10.3. The van der Waals surface area contributed by atoms with Crippen LogP contribution in [0.3, 0.4) is 0 Å². The summed E-state index contributed by atoms with van der Waals surface area (Å²) in [5, 5.41) is 4.02. The second-order valence-corrected chi connectivity index (χ2v) is 8.58. The van der Waals surface area contributed by atoms with Crippen molar-refractivity contribution in [1.29, 1.82) is 0 Å². The van der Waals surface area contributed by atoms with E-state index in [9.17, 15) is 9.59 Å². The summed E-state index contributed by atoms with van der Waals surface area (Å²) in [7, 11) is 0. The lowest BCUT2D eigenvalue weighted by Gasteiger charge is -2.30. The standard InChI is InChI=1S/C21H36N4O4/c1-6-24-13-8-9-16(24)15-25(14-12-19(27)28-7-2)18(26)11-10-17-22-20(23-29-17)21(3,4)5/h16H,6-15H2,1-5H3/t16-/m0/s1. The summed E-state index contributed by atoms with van der Waals surface area (Å²) >= 11 is 0. The number of aromatic nitrogens is 2. The van der Waals surface area contributed by atoms with E-state index in [-0.39, 0.29) is 30.1 Å². The first kappa shape index (κ1) is 23.3. The average molecular weight is 409 g/mol. The van der Waals surface area contributed by atoms with Crippen LogP contribution in [-0.2, 0) is 26.2 Å². The minimum atomic E-state index is -0.268. The molecule has 2 heterocycles. The molecule has 1 fully saturated rings. The summed E-state index contributed by atoms with van der Waals surface area (Å²) in [5.41, 5.74) is -0.191. The zero-order chi connectivity index (χ0) is 21.4. The summed E-state index contributed by atoms with van der Waals surface area (Å²) in [6.45, 7) is 13.4. The number of nitrogens with zero attached hydrogens (tertiary/aromatic N) is 4. The third-order valence-electron chi connectivity index (χ3n) is 5.27. The third-order valence-corrected chi connectivity index (χ3v) is 5.27. The van der Waals surface area contributed by atoms with E-state index in [1.807, 2.05) is 20.8 Å². The van der Waals surface area contributed by atoms with Gasteiger partial charge < -0.3 is 14.2 Å². The number of amides is 1. The Balaban J connectivity index is 1.97. The molecule has 0 saturated carbocycles. The first-order chi connectivity index (χ1) is 13.7. The van der Waals surface area contributed by atoms with Crippen LogP contribution in [0.5, 0.6) is 0 Å². The van der Waals surface area contributed by atoms with Crippen LogP contribution in [0.4, 0.5) is 0 Å². The second-order valence-electron chi connectivity index (χ2n) is 8.58. The molecule has 0 bridgehead atoms. The number of hydrogen-bond donors (Lipinski definition) is 0. The number of carbonyl (C=O) groups is 2. The van der Waals surface area contributed by atoms with Gasteiger partial charge in [0.25, 0.3) is 0 Å². The van der Waals surface area contributed by atoms with Crippen LogP contribution >= 0.6 is 0 Å². The van der Waals surface area contributed by atoms with Crippen LogP contribution in [0.1, 0.15) is 72.0 Å². The van der Waals surface area contributed by atoms with Crippen molar-refractivity contribution in [2.45, 2.75) is 78.2 Å². The molecule has 1 aromatic heterocycles. The van der Waals surface area contributed by atoms with Gasteiger partial charge in [-0.3, -0.25) is 14.5 Å². The van der Waals surface area contributed by atoms with Crippen LogP contribution in [0.15, 0.2) is 4.52 Å². The van der Waals surface area contributed by atoms with Crippen molar-refractivity contribution in [3.05, 3.63) is 11.7 Å². The van der Waals surface area contributed by atoms with Crippen molar-refractivity contribution in [2.75, 3.05) is 32.8 Å². The van der Waals surface area contributed by atoms with Gasteiger partial charge in [-0.1, -0.05) is 32.9 Å². The first-order valence-electron chi connectivity index (χ1n) is 10.7. The van der Waals surface area contributed by atoms with Crippen molar-refractivity contribution < 1.29 is 18.8 Å². The molecule has 2 rings (SSSR count). The maximum absolute atomic E-state index is 12.9. The fourth-order valence-electron chi connectivity index (χ4n) is 3.58. The highest BCUT2D eigenvalue weighted by atomic mass is 16.5. The highest BCUT2D eigenvalue weighted by molar-refractivity contribution is 5.77. The number of likely N-dealkylation sites (N-methyl/N-ethyl adjacent to an activating group) is 1. The minimum Gasteiger partial charge on any atom is -0.466 e. The van der Waals surface area contributed by atoms with E-state index in [0.717, 1.165) is 25.9 Å². The fourth-order valence-corrected chi connectivity index (χ4v) is 3.58. The second kappa shape index (κ2) is 10.7. The monoisotopic (exact) mass is 408 g/mol. The minimum absolute atomic E-state index is 0.00719. The molecular weight excluding hydrogens is 372 g/mol. The number of rotatable bonds is 10. The molecule has 0 aromatic carbocycles. The number of likely N-dealkylation sites (tertiary alicyclic amines) is 1. The van der Waals surface area contributed by atoms with E-state index in [1.165, 1.54) is 0 Å². The lowest BCUT2D eigenvalue weighted by molar-refractivity contribution is -0.144. The van der Waals surface area contributed by atoms with Gasteiger partial charge in [0.05, 0.1) is 13.0 Å². The number of aryl methyl sites for hydroxylation is 1. The van der Waals surface area contributed by atoms with Gasteiger partial charge in [0.2, 0.25) is 11.8 Å². The third kappa shape index (κ3) is 7.10. The van der Waals surface area contributed by atoms with Gasteiger partial charge in [-0.2, -0.15) is 4.98 Å². The van der Waals surface area contributed by atoms with Crippen LogP contribution in [0.25, 0.3) is 0 Å². The van der Waals surface area contributed by atoms with Crippen LogP contribution in [0.2, 0.25) is 0 Å². The maximum Gasteiger partial charge on any atom is 0.307 e.